The highest BCUT2D eigenvalue weighted by Gasteiger charge is 2.36. The van der Waals surface area contributed by atoms with Crippen LogP contribution in [-0.2, 0) is 9.59 Å². The largest absolute Gasteiger partial charge is 0.457 e. The van der Waals surface area contributed by atoms with Gasteiger partial charge in [-0.1, -0.05) is 23.2 Å². The number of hydrogen-bond acceptors (Lipinski definition) is 4. The van der Waals surface area contributed by atoms with Gasteiger partial charge in [0.1, 0.15) is 17.2 Å². The number of halogens is 2. The fraction of sp³-hybridized carbons (Fsp3) is 0.0625. The number of hydrogen-bond donors (Lipinski definition) is 1. The van der Waals surface area contributed by atoms with Crippen molar-refractivity contribution in [1.82, 2.24) is 10.2 Å². The number of nitrogens with zero attached hydrogens (tertiary/aromatic N) is 1. The molecule has 0 bridgehead atoms. The Hall–Kier alpha value is -2.57. The van der Waals surface area contributed by atoms with Gasteiger partial charge in [-0.05, 0) is 30.3 Å². The molecular formula is C16H10Cl2N2O4. The van der Waals surface area contributed by atoms with Crippen molar-refractivity contribution in [3.05, 3.63) is 51.8 Å². The third-order valence-corrected chi connectivity index (χ3v) is 3.86. The lowest BCUT2D eigenvalue weighted by Crippen LogP contribution is -2.31. The quantitative estimate of drug-likeness (QED) is 0.650. The average molecular weight is 365 g/mol. The molecule has 1 fully saturated rings. The van der Waals surface area contributed by atoms with E-state index in [2.05, 4.69) is 5.32 Å². The van der Waals surface area contributed by atoms with E-state index in [1.807, 2.05) is 0 Å². The molecule has 3 rings (SSSR count). The summed E-state index contributed by atoms with van der Waals surface area (Å²) in [7, 11) is 0. The minimum absolute atomic E-state index is 0.101. The first kappa shape index (κ1) is 16.3. The van der Waals surface area contributed by atoms with E-state index in [0.717, 1.165) is 4.90 Å². The Bertz CT molecular complexity index is 901. The van der Waals surface area contributed by atoms with Crippen LogP contribution in [0.15, 0.2) is 40.4 Å². The minimum Gasteiger partial charge on any atom is -0.457 e. The van der Waals surface area contributed by atoms with Gasteiger partial charge < -0.3 is 4.42 Å². The Morgan fingerprint density at radius 3 is 2.62 bits per heavy atom. The summed E-state index contributed by atoms with van der Waals surface area (Å²) in [6.07, 6.45) is 1.31. The van der Waals surface area contributed by atoms with Crippen LogP contribution in [0.25, 0.3) is 17.4 Å². The van der Waals surface area contributed by atoms with Crippen LogP contribution in [0.1, 0.15) is 12.7 Å². The predicted octanol–water partition coefficient (Wildman–Crippen LogP) is 3.69. The van der Waals surface area contributed by atoms with Gasteiger partial charge in [-0.15, -0.1) is 0 Å². The van der Waals surface area contributed by atoms with E-state index >= 15 is 0 Å². The lowest BCUT2D eigenvalue weighted by molar-refractivity contribution is -0.125. The van der Waals surface area contributed by atoms with Gasteiger partial charge in [0.05, 0.1) is 5.02 Å². The summed E-state index contributed by atoms with van der Waals surface area (Å²) in [6, 6.07) is 7.43. The first-order valence-corrected chi connectivity index (χ1v) is 7.55. The van der Waals surface area contributed by atoms with Gasteiger partial charge in [0.15, 0.2) is 0 Å². The van der Waals surface area contributed by atoms with Gasteiger partial charge in [-0.25, -0.2) is 9.69 Å². The Balaban J connectivity index is 1.97. The van der Waals surface area contributed by atoms with Gasteiger partial charge in [0.2, 0.25) is 5.91 Å². The zero-order valence-electron chi connectivity index (χ0n) is 12.3. The number of urea groups is 1. The van der Waals surface area contributed by atoms with Crippen LogP contribution in [0.5, 0.6) is 0 Å². The Morgan fingerprint density at radius 2 is 1.96 bits per heavy atom. The van der Waals surface area contributed by atoms with Crippen molar-refractivity contribution in [3.63, 3.8) is 0 Å². The van der Waals surface area contributed by atoms with E-state index in [9.17, 15) is 14.4 Å². The van der Waals surface area contributed by atoms with E-state index in [-0.39, 0.29) is 5.70 Å². The van der Waals surface area contributed by atoms with Crippen LogP contribution in [0.4, 0.5) is 4.79 Å². The zero-order chi connectivity index (χ0) is 17.4. The molecule has 24 heavy (non-hydrogen) atoms. The molecule has 1 saturated heterocycles. The summed E-state index contributed by atoms with van der Waals surface area (Å²) < 4.78 is 5.63. The highest BCUT2D eigenvalue weighted by molar-refractivity contribution is 6.36. The second-order valence-electron chi connectivity index (χ2n) is 4.97. The third kappa shape index (κ3) is 2.93. The Morgan fingerprint density at radius 1 is 1.21 bits per heavy atom. The van der Waals surface area contributed by atoms with Crippen molar-refractivity contribution in [2.45, 2.75) is 6.92 Å². The summed E-state index contributed by atoms with van der Waals surface area (Å²) in [5.41, 5.74) is 0.525. The van der Waals surface area contributed by atoms with Crippen LogP contribution in [-0.4, -0.2) is 22.7 Å². The summed E-state index contributed by atoms with van der Waals surface area (Å²) >= 11 is 12.0. The van der Waals surface area contributed by atoms with Crippen molar-refractivity contribution in [1.29, 1.82) is 0 Å². The molecular weight excluding hydrogens is 355 g/mol. The maximum atomic E-state index is 11.8. The first-order chi connectivity index (χ1) is 11.4. The lowest BCUT2D eigenvalue weighted by atomic mass is 10.2. The molecule has 1 aromatic heterocycles. The maximum absolute atomic E-state index is 11.8. The van der Waals surface area contributed by atoms with Crippen LogP contribution in [0, 0.1) is 0 Å². The summed E-state index contributed by atoms with van der Waals surface area (Å²) in [5.74, 6) is -0.487. The molecule has 0 atom stereocenters. The summed E-state index contributed by atoms with van der Waals surface area (Å²) in [6.45, 7) is 1.19. The fourth-order valence-corrected chi connectivity index (χ4v) is 2.77. The molecule has 8 heteroatoms. The molecule has 1 aromatic carbocycles. The molecule has 122 valence electrons. The molecule has 0 saturated carbocycles. The highest BCUT2D eigenvalue weighted by atomic mass is 35.5. The van der Waals surface area contributed by atoms with Gasteiger partial charge >= 0.3 is 6.03 Å². The molecule has 0 radical (unpaired) electrons. The fourth-order valence-electron chi connectivity index (χ4n) is 2.27. The van der Waals surface area contributed by atoms with Gasteiger partial charge in [0.25, 0.3) is 5.91 Å². The molecule has 0 unspecified atom stereocenters. The summed E-state index contributed by atoms with van der Waals surface area (Å²) in [4.78, 5) is 35.7. The zero-order valence-corrected chi connectivity index (χ0v) is 13.8. The molecule has 0 spiro atoms. The van der Waals surface area contributed by atoms with E-state index in [1.165, 1.54) is 13.0 Å². The van der Waals surface area contributed by atoms with Crippen LogP contribution in [0.2, 0.25) is 10.0 Å². The molecule has 2 aromatic rings. The average Bonchev–Trinajstić information content (AvgIpc) is 3.04. The topological polar surface area (TPSA) is 79.6 Å². The number of amides is 4. The van der Waals surface area contributed by atoms with Crippen LogP contribution < -0.4 is 5.32 Å². The van der Waals surface area contributed by atoms with Gasteiger partial charge in [-0.2, -0.15) is 0 Å². The molecule has 1 aliphatic heterocycles. The third-order valence-electron chi connectivity index (χ3n) is 3.31. The molecule has 2 heterocycles. The number of benzene rings is 1. The van der Waals surface area contributed by atoms with Gasteiger partial charge in [-0.3, -0.25) is 14.9 Å². The summed E-state index contributed by atoms with van der Waals surface area (Å²) in [5, 5.41) is 2.96. The monoisotopic (exact) mass is 364 g/mol. The minimum atomic E-state index is -0.786. The van der Waals surface area contributed by atoms with Crippen molar-refractivity contribution >= 4 is 47.1 Å². The molecule has 0 aliphatic carbocycles. The lowest BCUT2D eigenvalue weighted by Gasteiger charge is -2.09. The van der Waals surface area contributed by atoms with E-state index in [1.54, 1.807) is 30.3 Å². The highest BCUT2D eigenvalue weighted by Crippen LogP contribution is 2.32. The Kier molecular flexibility index (Phi) is 4.17. The molecule has 4 amide bonds. The number of furan rings is 1. The van der Waals surface area contributed by atoms with Crippen molar-refractivity contribution in [2.24, 2.45) is 0 Å². The molecule has 6 nitrogen and oxygen atoms in total. The van der Waals surface area contributed by atoms with Crippen molar-refractivity contribution < 1.29 is 18.8 Å². The SMILES string of the molecule is CC(=O)N1C(=O)NC(=O)/C1=C\c1ccc(-c2ccc(Cl)cc2Cl)o1. The Labute approximate surface area is 146 Å². The van der Waals surface area contributed by atoms with E-state index < -0.39 is 17.8 Å². The molecule has 1 aliphatic rings. The normalized spacial score (nSPS) is 16.0. The predicted molar refractivity (Wildman–Crippen MR) is 88.2 cm³/mol. The second kappa shape index (κ2) is 6.14. The first-order valence-electron chi connectivity index (χ1n) is 6.80. The number of imide groups is 2. The van der Waals surface area contributed by atoms with E-state index in [0.29, 0.717) is 27.1 Å². The number of rotatable bonds is 2. The van der Waals surface area contributed by atoms with E-state index in [4.69, 9.17) is 27.6 Å². The number of carbonyl (C=O) groups is 3. The van der Waals surface area contributed by atoms with Crippen LogP contribution >= 0.6 is 23.2 Å². The van der Waals surface area contributed by atoms with Crippen LogP contribution in [0.3, 0.4) is 0 Å². The maximum Gasteiger partial charge on any atom is 0.335 e. The molecule has 1 N–H and O–H groups in total. The van der Waals surface area contributed by atoms with Crippen molar-refractivity contribution in [2.75, 3.05) is 0 Å². The number of carbonyl (C=O) groups excluding carboxylic acids is 3. The smallest absolute Gasteiger partial charge is 0.335 e. The van der Waals surface area contributed by atoms with Gasteiger partial charge in [0, 0.05) is 23.6 Å². The second-order valence-corrected chi connectivity index (χ2v) is 5.81. The standard InChI is InChI=1S/C16H10Cl2N2O4/c1-8(21)20-13(15(22)19-16(20)23)7-10-3-5-14(24-10)11-4-2-9(17)6-12(11)18/h2-7H,1H3,(H,19,22,23)/b13-7+. The van der Waals surface area contributed by atoms with Crippen molar-refractivity contribution in [3.8, 4) is 11.3 Å². The number of nitrogens with one attached hydrogen (secondary N) is 1.